The van der Waals surface area contributed by atoms with Crippen molar-refractivity contribution in [2.45, 2.75) is 121 Å². The number of guanidine groups is 2. The molecule has 8 N–H and O–H groups in total. The fourth-order valence-electron chi connectivity index (χ4n) is 10.9. The van der Waals surface area contributed by atoms with Crippen LogP contribution in [0.25, 0.3) is 0 Å². The normalized spacial score (nSPS) is 23.6. The molecule has 22 heteroatoms. The molecule has 7 rings (SSSR count). The van der Waals surface area contributed by atoms with Crippen LogP contribution >= 0.6 is 0 Å². The Balaban J connectivity index is 0.000000334. The van der Waals surface area contributed by atoms with Crippen LogP contribution in [0.3, 0.4) is 0 Å². The summed E-state index contributed by atoms with van der Waals surface area (Å²) in [4.78, 5) is 88.6. The first-order valence-corrected chi connectivity index (χ1v) is 26.3. The van der Waals surface area contributed by atoms with Gasteiger partial charge >= 0.3 is 18.3 Å². The number of ether oxygens (including phenoxy) is 2. The topological polar surface area (TPSA) is 279 Å². The number of nitrogens with two attached hydrogens (primary N) is 2. The Bertz CT molecular complexity index is 1650. The highest BCUT2D eigenvalue weighted by molar-refractivity contribution is 5.79. The first-order chi connectivity index (χ1) is 33.7. The fraction of sp³-hybridized carbons (Fsp3) is 0.833. The molecule has 0 aromatic carbocycles. The predicted molar refractivity (Wildman–Crippen MR) is 262 cm³/mol. The minimum absolute atomic E-state index is 0.0935. The van der Waals surface area contributed by atoms with Gasteiger partial charge in [-0.25, -0.2) is 14.4 Å². The standard InChI is InChI=1S/C34H58N10O6.C14H25N3O3/c35-31(36)41-11-7-25(8-12-41)23-29(45)39-15-19-43(20-16-39)33(47)49-27-3-1-4-28(6-2-5-27)50-34(48)44-21-17-40(18-22-44)30(46)24-26-9-13-42(14-10-26)32(37)38;18-13(3-1-2-12-4-6-15-7-5-12)16-8-10-17(11-9-16)14(19)20/h25-28H,1-24H2,(H3,35,36)(H3,37,38);12,15H,1-11H2,(H,19,20)/t27-,28+;. The molecule has 0 aromatic heterocycles. The third-order valence-electron chi connectivity index (χ3n) is 15.6. The van der Waals surface area contributed by atoms with E-state index >= 15 is 0 Å². The van der Waals surface area contributed by atoms with Gasteiger partial charge in [0.05, 0.1) is 0 Å². The van der Waals surface area contributed by atoms with Crippen LogP contribution in [-0.4, -0.2) is 222 Å². The molecule has 0 aromatic rings. The van der Waals surface area contributed by atoms with E-state index in [4.69, 9.17) is 36.9 Å². The molecule has 6 amide bonds. The highest BCUT2D eigenvalue weighted by atomic mass is 16.6. The molecule has 0 bridgehead atoms. The zero-order valence-electron chi connectivity index (χ0n) is 41.6. The summed E-state index contributed by atoms with van der Waals surface area (Å²) in [6.07, 6.45) is 12.2. The molecule has 394 valence electrons. The Morgan fingerprint density at radius 3 is 1.19 bits per heavy atom. The predicted octanol–water partition coefficient (Wildman–Crippen LogP) is 2.61. The average molecular weight is 986 g/mol. The molecule has 0 unspecified atom stereocenters. The van der Waals surface area contributed by atoms with Crippen LogP contribution in [0.4, 0.5) is 14.4 Å². The van der Waals surface area contributed by atoms with Gasteiger partial charge in [0.15, 0.2) is 11.9 Å². The van der Waals surface area contributed by atoms with E-state index in [0.29, 0.717) is 136 Å². The third kappa shape index (κ3) is 17.0. The summed E-state index contributed by atoms with van der Waals surface area (Å²) in [5.74, 6) is 2.00. The second kappa shape index (κ2) is 27.4. The molecule has 6 aliphatic heterocycles. The highest BCUT2D eigenvalue weighted by Gasteiger charge is 2.33. The van der Waals surface area contributed by atoms with Crippen molar-refractivity contribution in [3.63, 3.8) is 0 Å². The van der Waals surface area contributed by atoms with Gasteiger partial charge in [0.2, 0.25) is 17.7 Å². The van der Waals surface area contributed by atoms with Gasteiger partial charge in [-0.2, -0.15) is 0 Å². The molecule has 22 nitrogen and oxygen atoms in total. The molecule has 6 heterocycles. The molecule has 1 aliphatic carbocycles. The fourth-order valence-corrected chi connectivity index (χ4v) is 10.9. The number of carbonyl (C=O) groups is 6. The van der Waals surface area contributed by atoms with Crippen molar-refractivity contribution in [3.8, 4) is 0 Å². The maximum Gasteiger partial charge on any atom is 0.410 e. The van der Waals surface area contributed by atoms with Gasteiger partial charge in [-0.15, -0.1) is 0 Å². The van der Waals surface area contributed by atoms with Gasteiger partial charge in [0, 0.05) is 124 Å². The van der Waals surface area contributed by atoms with Crippen LogP contribution in [0.15, 0.2) is 0 Å². The van der Waals surface area contributed by atoms with E-state index in [9.17, 15) is 28.8 Å². The van der Waals surface area contributed by atoms with Crippen molar-refractivity contribution in [1.82, 2.24) is 44.5 Å². The van der Waals surface area contributed by atoms with Crippen molar-refractivity contribution in [2.24, 2.45) is 29.2 Å². The number of piperidine rings is 3. The van der Waals surface area contributed by atoms with Crippen molar-refractivity contribution < 1.29 is 43.3 Å². The van der Waals surface area contributed by atoms with E-state index in [1.165, 1.54) is 17.7 Å². The van der Waals surface area contributed by atoms with E-state index in [1.54, 1.807) is 9.80 Å². The molecule has 0 spiro atoms. The lowest BCUT2D eigenvalue weighted by atomic mass is 9.92. The number of rotatable bonds is 10. The summed E-state index contributed by atoms with van der Waals surface area (Å²) < 4.78 is 11.8. The molecule has 7 aliphatic rings. The van der Waals surface area contributed by atoms with Gasteiger partial charge in [0.25, 0.3) is 0 Å². The summed E-state index contributed by atoms with van der Waals surface area (Å²) in [5.41, 5.74) is 11.2. The first kappa shape index (κ1) is 54.1. The van der Waals surface area contributed by atoms with Crippen LogP contribution in [0.5, 0.6) is 0 Å². The average Bonchev–Trinajstić information content (AvgIpc) is 3.36. The Kier molecular flexibility index (Phi) is 21.1. The van der Waals surface area contributed by atoms with Crippen molar-refractivity contribution in [3.05, 3.63) is 0 Å². The Morgan fingerprint density at radius 1 is 0.457 bits per heavy atom. The van der Waals surface area contributed by atoms with Gasteiger partial charge in [-0.1, -0.05) is 0 Å². The molecule has 1 saturated carbocycles. The smallest absolute Gasteiger partial charge is 0.410 e. The number of carbonyl (C=O) groups excluding carboxylic acids is 5. The molecular weight excluding hydrogens is 903 g/mol. The van der Waals surface area contributed by atoms with Crippen LogP contribution in [0.1, 0.15) is 109 Å². The summed E-state index contributed by atoms with van der Waals surface area (Å²) in [6.45, 7) is 10.9. The number of nitrogens with one attached hydrogen (secondary N) is 3. The second-order valence-corrected chi connectivity index (χ2v) is 20.4. The zero-order chi connectivity index (χ0) is 50.0. The minimum Gasteiger partial charge on any atom is -0.465 e. The van der Waals surface area contributed by atoms with Crippen molar-refractivity contribution in [2.75, 3.05) is 118 Å². The maximum atomic E-state index is 13.0. The number of amides is 6. The number of carboxylic acid groups (broad SMARTS) is 1. The van der Waals surface area contributed by atoms with Gasteiger partial charge < -0.3 is 70.6 Å². The minimum atomic E-state index is -0.886. The van der Waals surface area contributed by atoms with Gasteiger partial charge in [-0.3, -0.25) is 25.2 Å². The van der Waals surface area contributed by atoms with E-state index in [2.05, 4.69) is 5.32 Å². The van der Waals surface area contributed by atoms with E-state index in [1.807, 2.05) is 24.5 Å². The summed E-state index contributed by atoms with van der Waals surface area (Å²) in [6, 6.07) is 0. The van der Waals surface area contributed by atoms with E-state index < -0.39 is 6.09 Å². The summed E-state index contributed by atoms with van der Waals surface area (Å²) in [7, 11) is 0. The molecule has 70 heavy (non-hydrogen) atoms. The number of likely N-dealkylation sites (tertiary alicyclic amines) is 2. The Morgan fingerprint density at radius 2 is 0.814 bits per heavy atom. The Labute approximate surface area is 414 Å². The quantitative estimate of drug-likeness (QED) is 0.136. The lowest BCUT2D eigenvalue weighted by Crippen LogP contribution is -2.52. The van der Waals surface area contributed by atoms with Crippen LogP contribution in [0.2, 0.25) is 0 Å². The number of hydrogen-bond acceptors (Lipinski definition) is 11. The number of piperazine rings is 3. The van der Waals surface area contributed by atoms with Gasteiger partial charge in [0.1, 0.15) is 12.2 Å². The monoisotopic (exact) mass is 986 g/mol. The number of hydrogen-bond donors (Lipinski definition) is 6. The van der Waals surface area contributed by atoms with Crippen molar-refractivity contribution >= 4 is 47.9 Å². The molecular formula is C48H83N13O9. The maximum absolute atomic E-state index is 13.0. The SMILES string of the molecule is N=C(N)N1CCC(CC(=O)N2CCN(C(=O)O[C@H]3CCC[C@@H](OC(=O)N4CCN(C(=O)CC5CCN(C(=N)N)CC5)CC4)CCC3)CC2)CC1.O=C(O)N1CCN(C(=O)CCCC2CCNCC2)CC1. The lowest BCUT2D eigenvalue weighted by molar-refractivity contribution is -0.134. The van der Waals surface area contributed by atoms with Crippen molar-refractivity contribution in [1.29, 1.82) is 10.8 Å². The lowest BCUT2D eigenvalue weighted by Gasteiger charge is -2.37. The summed E-state index contributed by atoms with van der Waals surface area (Å²) >= 11 is 0. The third-order valence-corrected chi connectivity index (χ3v) is 15.6. The van der Waals surface area contributed by atoms with Gasteiger partial charge in [-0.05, 0) is 121 Å². The largest absolute Gasteiger partial charge is 0.465 e. The molecule has 7 fully saturated rings. The molecule has 0 atom stereocenters. The second-order valence-electron chi connectivity index (χ2n) is 20.4. The Hall–Kier alpha value is -5.28. The van der Waals surface area contributed by atoms with E-state index in [-0.39, 0.29) is 54.0 Å². The summed E-state index contributed by atoms with van der Waals surface area (Å²) in [5, 5.41) is 27.4. The first-order valence-electron chi connectivity index (χ1n) is 26.3. The molecule has 0 radical (unpaired) electrons. The van der Waals surface area contributed by atoms with Crippen LogP contribution < -0.4 is 16.8 Å². The highest BCUT2D eigenvalue weighted by Crippen LogP contribution is 2.26. The van der Waals surface area contributed by atoms with Crippen LogP contribution in [-0.2, 0) is 23.9 Å². The zero-order valence-corrected chi connectivity index (χ0v) is 41.6. The van der Waals surface area contributed by atoms with Crippen LogP contribution in [0, 0.1) is 28.6 Å². The number of nitrogens with zero attached hydrogens (tertiary/aromatic N) is 8. The van der Waals surface area contributed by atoms with E-state index in [0.717, 1.165) is 96.1 Å². The molecule has 6 saturated heterocycles.